The van der Waals surface area contributed by atoms with E-state index in [4.69, 9.17) is 16.2 Å². The highest BCUT2D eigenvalue weighted by Crippen LogP contribution is 2.16. The molecule has 6 heteroatoms. The van der Waals surface area contributed by atoms with Crippen molar-refractivity contribution < 1.29 is 14.3 Å². The average Bonchev–Trinajstić information content (AvgIpc) is 2.26. The minimum atomic E-state index is -0.902. The third-order valence-electron chi connectivity index (χ3n) is 1.81. The first-order valence-corrected chi connectivity index (χ1v) is 4.63. The highest BCUT2D eigenvalue weighted by molar-refractivity contribution is 5.94. The lowest BCUT2D eigenvalue weighted by Gasteiger charge is -2.09. The summed E-state index contributed by atoms with van der Waals surface area (Å²) in [5.74, 6) is -0.0797. The van der Waals surface area contributed by atoms with Gasteiger partial charge in [-0.3, -0.25) is 10.1 Å². The number of hydrogen-bond donors (Lipinski definition) is 3. The van der Waals surface area contributed by atoms with Crippen LogP contribution < -0.4 is 21.5 Å². The SMILES string of the molecule is NCc1ccccc1OCC(=O)NC(N)=O. The van der Waals surface area contributed by atoms with E-state index in [2.05, 4.69) is 0 Å². The molecule has 0 aliphatic rings. The molecule has 1 aromatic carbocycles. The van der Waals surface area contributed by atoms with Crippen LogP contribution in [0.3, 0.4) is 0 Å². The molecule has 0 unspecified atom stereocenters. The zero-order valence-electron chi connectivity index (χ0n) is 8.60. The molecule has 0 aromatic heterocycles. The zero-order valence-corrected chi connectivity index (χ0v) is 8.60. The Bertz CT molecular complexity index is 393. The van der Waals surface area contributed by atoms with Crippen molar-refractivity contribution in [1.29, 1.82) is 0 Å². The molecule has 0 saturated carbocycles. The summed E-state index contributed by atoms with van der Waals surface area (Å²) in [6.07, 6.45) is 0. The fourth-order valence-corrected chi connectivity index (χ4v) is 1.13. The molecule has 86 valence electrons. The van der Waals surface area contributed by atoms with Crippen LogP contribution in [0.1, 0.15) is 5.56 Å². The number of nitrogens with one attached hydrogen (secondary N) is 1. The number of primary amides is 1. The third kappa shape index (κ3) is 3.58. The van der Waals surface area contributed by atoms with Crippen molar-refractivity contribution in [3.8, 4) is 5.75 Å². The van der Waals surface area contributed by atoms with Crippen molar-refractivity contribution in [3.05, 3.63) is 29.8 Å². The number of carbonyl (C=O) groups excluding carboxylic acids is 2. The number of benzene rings is 1. The van der Waals surface area contributed by atoms with Crippen molar-refractivity contribution in [2.75, 3.05) is 6.61 Å². The molecule has 16 heavy (non-hydrogen) atoms. The summed E-state index contributed by atoms with van der Waals surface area (Å²) in [5.41, 5.74) is 11.0. The molecular weight excluding hydrogens is 210 g/mol. The molecule has 0 aliphatic carbocycles. The molecule has 0 saturated heterocycles. The minimum absolute atomic E-state index is 0.278. The number of nitrogens with two attached hydrogens (primary N) is 2. The molecule has 1 rings (SSSR count). The van der Waals surface area contributed by atoms with E-state index in [9.17, 15) is 9.59 Å². The molecule has 0 heterocycles. The van der Waals surface area contributed by atoms with Gasteiger partial charge in [-0.2, -0.15) is 0 Å². The second-order valence-corrected chi connectivity index (χ2v) is 3.01. The van der Waals surface area contributed by atoms with E-state index >= 15 is 0 Å². The maximum Gasteiger partial charge on any atom is 0.318 e. The molecule has 0 radical (unpaired) electrons. The topological polar surface area (TPSA) is 107 Å². The fraction of sp³-hybridized carbons (Fsp3) is 0.200. The normalized spacial score (nSPS) is 9.56. The zero-order chi connectivity index (χ0) is 12.0. The summed E-state index contributed by atoms with van der Waals surface area (Å²) in [4.78, 5) is 21.4. The molecule has 0 bridgehead atoms. The average molecular weight is 223 g/mol. The largest absolute Gasteiger partial charge is 0.483 e. The van der Waals surface area contributed by atoms with E-state index in [0.717, 1.165) is 5.56 Å². The van der Waals surface area contributed by atoms with Crippen molar-refractivity contribution >= 4 is 11.9 Å². The minimum Gasteiger partial charge on any atom is -0.483 e. The molecule has 1 aromatic rings. The molecule has 0 aliphatic heterocycles. The van der Waals surface area contributed by atoms with Crippen LogP contribution >= 0.6 is 0 Å². The van der Waals surface area contributed by atoms with Crippen LogP contribution in [0, 0.1) is 0 Å². The lowest BCUT2D eigenvalue weighted by atomic mass is 10.2. The summed E-state index contributed by atoms with van der Waals surface area (Å²) in [6.45, 7) is 0.0353. The second-order valence-electron chi connectivity index (χ2n) is 3.01. The van der Waals surface area contributed by atoms with E-state index in [1.807, 2.05) is 11.4 Å². The fourth-order valence-electron chi connectivity index (χ4n) is 1.13. The van der Waals surface area contributed by atoms with E-state index in [1.54, 1.807) is 18.2 Å². The molecule has 0 spiro atoms. The van der Waals surface area contributed by atoms with Gasteiger partial charge in [-0.05, 0) is 6.07 Å². The Morgan fingerprint density at radius 3 is 2.62 bits per heavy atom. The summed E-state index contributed by atoms with van der Waals surface area (Å²) in [5, 5.41) is 1.89. The van der Waals surface area contributed by atoms with Gasteiger partial charge in [0.25, 0.3) is 5.91 Å². The molecule has 3 amide bonds. The van der Waals surface area contributed by atoms with Gasteiger partial charge in [-0.25, -0.2) is 4.79 Å². The lowest BCUT2D eigenvalue weighted by Crippen LogP contribution is -2.38. The predicted octanol–water partition coefficient (Wildman–Crippen LogP) is -0.281. The number of amides is 3. The Morgan fingerprint density at radius 1 is 1.31 bits per heavy atom. The van der Waals surface area contributed by atoms with Crippen molar-refractivity contribution in [2.45, 2.75) is 6.54 Å². The summed E-state index contributed by atoms with van der Waals surface area (Å²) < 4.78 is 5.19. The van der Waals surface area contributed by atoms with Gasteiger partial charge < -0.3 is 16.2 Å². The Kier molecular flexibility index (Phi) is 4.28. The van der Waals surface area contributed by atoms with Crippen LogP contribution in [0.4, 0.5) is 4.79 Å². The number of ether oxygens (including phenoxy) is 1. The number of rotatable bonds is 4. The van der Waals surface area contributed by atoms with Gasteiger partial charge in [0.15, 0.2) is 6.61 Å². The third-order valence-corrected chi connectivity index (χ3v) is 1.81. The van der Waals surface area contributed by atoms with Gasteiger partial charge in [0, 0.05) is 12.1 Å². The van der Waals surface area contributed by atoms with Gasteiger partial charge in [0.1, 0.15) is 5.75 Å². The monoisotopic (exact) mass is 223 g/mol. The van der Waals surface area contributed by atoms with E-state index < -0.39 is 11.9 Å². The maximum atomic E-state index is 11.1. The van der Waals surface area contributed by atoms with Crippen molar-refractivity contribution in [1.82, 2.24) is 5.32 Å². The molecule has 0 atom stereocenters. The van der Waals surface area contributed by atoms with Gasteiger partial charge in [-0.15, -0.1) is 0 Å². The maximum absolute atomic E-state index is 11.1. The number of urea groups is 1. The Labute approximate surface area is 92.6 Å². The smallest absolute Gasteiger partial charge is 0.318 e. The van der Waals surface area contributed by atoms with Crippen LogP contribution in [-0.2, 0) is 11.3 Å². The van der Waals surface area contributed by atoms with E-state index in [-0.39, 0.29) is 6.61 Å². The number of carbonyl (C=O) groups is 2. The first-order chi connectivity index (χ1) is 7.63. The summed E-state index contributed by atoms with van der Waals surface area (Å²) in [7, 11) is 0. The summed E-state index contributed by atoms with van der Waals surface area (Å²) in [6, 6.07) is 6.17. The van der Waals surface area contributed by atoms with Crippen molar-refractivity contribution in [2.24, 2.45) is 11.5 Å². The Balaban J connectivity index is 2.54. The number of para-hydroxylation sites is 1. The highest BCUT2D eigenvalue weighted by Gasteiger charge is 2.06. The highest BCUT2D eigenvalue weighted by atomic mass is 16.5. The number of imide groups is 1. The summed E-state index contributed by atoms with van der Waals surface area (Å²) >= 11 is 0. The standard InChI is InChI=1S/C10H13N3O3/c11-5-7-3-1-2-4-8(7)16-6-9(14)13-10(12)15/h1-4H,5-6,11H2,(H3,12,13,14,15). The molecule has 5 N–H and O–H groups in total. The van der Waals surface area contributed by atoms with Crippen LogP contribution in [0.5, 0.6) is 5.75 Å². The first-order valence-electron chi connectivity index (χ1n) is 4.63. The Hall–Kier alpha value is -2.08. The van der Waals surface area contributed by atoms with Crippen LogP contribution in [0.2, 0.25) is 0 Å². The van der Waals surface area contributed by atoms with Crippen LogP contribution in [0.15, 0.2) is 24.3 Å². The first kappa shape index (κ1) is 12.0. The van der Waals surface area contributed by atoms with Gasteiger partial charge in [0.05, 0.1) is 0 Å². The lowest BCUT2D eigenvalue weighted by molar-refractivity contribution is -0.121. The van der Waals surface area contributed by atoms with E-state index in [1.165, 1.54) is 0 Å². The van der Waals surface area contributed by atoms with Gasteiger partial charge >= 0.3 is 6.03 Å². The van der Waals surface area contributed by atoms with Gasteiger partial charge in [0.2, 0.25) is 0 Å². The second kappa shape index (κ2) is 5.72. The molecular formula is C10H13N3O3. The number of hydrogen-bond acceptors (Lipinski definition) is 4. The van der Waals surface area contributed by atoms with E-state index in [0.29, 0.717) is 12.3 Å². The predicted molar refractivity (Wildman–Crippen MR) is 57.6 cm³/mol. The van der Waals surface area contributed by atoms with Crippen molar-refractivity contribution in [3.63, 3.8) is 0 Å². The van der Waals surface area contributed by atoms with Crippen LogP contribution in [0.25, 0.3) is 0 Å². The van der Waals surface area contributed by atoms with Crippen LogP contribution in [-0.4, -0.2) is 18.5 Å². The van der Waals surface area contributed by atoms with Gasteiger partial charge in [-0.1, -0.05) is 18.2 Å². The quantitative estimate of drug-likeness (QED) is 0.652. The molecule has 6 nitrogen and oxygen atoms in total. The Morgan fingerprint density at radius 2 is 2.00 bits per heavy atom. The molecule has 0 fully saturated rings.